The molecule has 3 aliphatic heterocycles. The number of hydrogen-bond acceptors (Lipinski definition) is 4. The lowest BCUT2D eigenvalue weighted by Crippen LogP contribution is -2.71. The fourth-order valence-electron chi connectivity index (χ4n) is 2.71. The summed E-state index contributed by atoms with van der Waals surface area (Å²) in [5.74, 6) is -3.66. The van der Waals surface area contributed by atoms with E-state index in [9.17, 15) is 8.78 Å². The van der Waals surface area contributed by atoms with Gasteiger partial charge in [0.1, 0.15) is 6.10 Å². The Hall–Kier alpha value is -1.55. The Bertz CT molecular complexity index is 531. The minimum atomic E-state index is -3.00. The van der Waals surface area contributed by atoms with Gasteiger partial charge in [-0.2, -0.15) is 14.0 Å². The van der Waals surface area contributed by atoms with E-state index in [0.29, 0.717) is 6.61 Å². The number of nitriles is 1. The summed E-state index contributed by atoms with van der Waals surface area (Å²) >= 11 is 0. The Morgan fingerprint density at radius 3 is 2.67 bits per heavy atom. The van der Waals surface area contributed by atoms with E-state index >= 15 is 0 Å². The molecular weight excluding hydrogens is 280 g/mol. The molecule has 0 amide bonds. The zero-order valence-electron chi connectivity index (χ0n) is 11.2. The topological polar surface area (TPSA) is 51.5 Å². The number of fused-ring (bicyclic) bond motifs is 2. The van der Waals surface area contributed by atoms with Crippen molar-refractivity contribution in [3.8, 4) is 6.07 Å². The molecule has 0 radical (unpaired) electrons. The number of alkyl halides is 2. The quantitative estimate of drug-likeness (QED) is 0.837. The largest absolute Gasteiger partial charge is 0.374 e. The molecule has 0 saturated carbocycles. The Morgan fingerprint density at radius 2 is 2.00 bits per heavy atom. The van der Waals surface area contributed by atoms with Crippen LogP contribution < -0.4 is 0 Å². The van der Waals surface area contributed by atoms with E-state index in [2.05, 4.69) is 0 Å². The van der Waals surface area contributed by atoms with Crippen LogP contribution in [0.3, 0.4) is 0 Å². The smallest absolute Gasteiger partial charge is 0.323 e. The normalized spacial score (nSPS) is 33.0. The van der Waals surface area contributed by atoms with Crippen molar-refractivity contribution in [3.63, 3.8) is 0 Å². The second-order valence-electron chi connectivity index (χ2n) is 5.26. The molecule has 1 aromatic rings. The zero-order valence-corrected chi connectivity index (χ0v) is 11.2. The first-order valence-corrected chi connectivity index (χ1v) is 6.80. The molecule has 2 bridgehead atoms. The number of rotatable bonds is 5. The number of benzene rings is 1. The molecule has 0 aromatic heterocycles. The van der Waals surface area contributed by atoms with Crippen molar-refractivity contribution in [1.29, 1.82) is 5.26 Å². The molecule has 3 saturated heterocycles. The van der Waals surface area contributed by atoms with Gasteiger partial charge in [-0.15, -0.1) is 0 Å². The summed E-state index contributed by atoms with van der Waals surface area (Å²) in [5.41, 5.74) is 0.997. The van der Waals surface area contributed by atoms with Gasteiger partial charge in [-0.25, -0.2) is 0 Å². The van der Waals surface area contributed by atoms with Gasteiger partial charge in [0.15, 0.2) is 0 Å². The highest BCUT2D eigenvalue weighted by molar-refractivity contribution is 5.13. The molecule has 0 unspecified atom stereocenters. The standard InChI is InChI=1S/C15H15F2NO3/c16-15(17)13-11(6-7-18)12(20-14(15)21-13)9-19-8-10-4-2-1-3-5-10/h1-5,11-14H,6,8-9H2/t11-,12-,13-,14-/m1/s1. The molecule has 1 aromatic carbocycles. The van der Waals surface area contributed by atoms with Gasteiger partial charge in [0.05, 0.1) is 25.4 Å². The van der Waals surface area contributed by atoms with Crippen molar-refractivity contribution >= 4 is 0 Å². The molecule has 3 heterocycles. The second kappa shape index (κ2) is 5.68. The van der Waals surface area contributed by atoms with Crippen molar-refractivity contribution in [2.75, 3.05) is 6.61 Å². The monoisotopic (exact) mass is 295 g/mol. The zero-order chi connectivity index (χ0) is 14.9. The van der Waals surface area contributed by atoms with Gasteiger partial charge >= 0.3 is 5.92 Å². The van der Waals surface area contributed by atoms with E-state index in [1.54, 1.807) is 0 Å². The first-order valence-electron chi connectivity index (χ1n) is 6.80. The Morgan fingerprint density at radius 1 is 1.24 bits per heavy atom. The summed E-state index contributed by atoms with van der Waals surface area (Å²) in [6.07, 6.45) is -3.30. The van der Waals surface area contributed by atoms with Crippen LogP contribution in [0.2, 0.25) is 0 Å². The maximum absolute atomic E-state index is 13.6. The lowest BCUT2D eigenvalue weighted by molar-refractivity contribution is -0.459. The van der Waals surface area contributed by atoms with E-state index in [1.165, 1.54) is 0 Å². The highest BCUT2D eigenvalue weighted by Gasteiger charge is 2.68. The van der Waals surface area contributed by atoms with Crippen LogP contribution in [0.15, 0.2) is 30.3 Å². The van der Waals surface area contributed by atoms with Crippen LogP contribution in [0.5, 0.6) is 0 Å². The molecule has 4 atom stereocenters. The number of ether oxygens (including phenoxy) is 3. The van der Waals surface area contributed by atoms with Crippen LogP contribution in [0.25, 0.3) is 0 Å². The number of halogens is 2. The van der Waals surface area contributed by atoms with Gasteiger partial charge in [0, 0.05) is 12.3 Å². The summed E-state index contributed by atoms with van der Waals surface area (Å²) in [6.45, 7) is 0.556. The number of nitrogens with zero attached hydrogens (tertiary/aromatic N) is 1. The molecule has 3 fully saturated rings. The van der Waals surface area contributed by atoms with Crippen LogP contribution in [0.1, 0.15) is 12.0 Å². The highest BCUT2D eigenvalue weighted by atomic mass is 19.3. The van der Waals surface area contributed by atoms with Crippen LogP contribution in [0.4, 0.5) is 8.78 Å². The third kappa shape index (κ3) is 2.64. The molecule has 21 heavy (non-hydrogen) atoms. The lowest BCUT2D eigenvalue weighted by Gasteiger charge is -2.54. The van der Waals surface area contributed by atoms with Crippen LogP contribution in [-0.2, 0) is 20.8 Å². The predicted octanol–water partition coefficient (Wildman–Crippen LogP) is 2.49. The first-order chi connectivity index (χ1) is 10.1. The average Bonchev–Trinajstić information content (AvgIpc) is 2.49. The lowest BCUT2D eigenvalue weighted by atomic mass is 9.83. The second-order valence-corrected chi connectivity index (χ2v) is 5.26. The van der Waals surface area contributed by atoms with Gasteiger partial charge in [0.2, 0.25) is 6.29 Å². The Labute approximate surface area is 121 Å². The van der Waals surface area contributed by atoms with E-state index < -0.39 is 30.3 Å². The maximum atomic E-state index is 13.6. The molecule has 112 valence electrons. The van der Waals surface area contributed by atoms with Crippen molar-refractivity contribution in [2.24, 2.45) is 5.92 Å². The van der Waals surface area contributed by atoms with E-state index in [0.717, 1.165) is 5.56 Å². The third-order valence-electron chi connectivity index (χ3n) is 3.85. The molecule has 6 heteroatoms. The first kappa shape index (κ1) is 14.4. The summed E-state index contributed by atoms with van der Waals surface area (Å²) in [7, 11) is 0. The predicted molar refractivity (Wildman–Crippen MR) is 68.3 cm³/mol. The summed E-state index contributed by atoms with van der Waals surface area (Å²) in [4.78, 5) is 0. The van der Waals surface area contributed by atoms with Gasteiger partial charge in [0.25, 0.3) is 0 Å². The summed E-state index contributed by atoms with van der Waals surface area (Å²) < 4.78 is 42.9. The van der Waals surface area contributed by atoms with E-state index in [1.807, 2.05) is 36.4 Å². The Balaban J connectivity index is 1.57. The molecule has 4 rings (SSSR count). The molecule has 0 N–H and O–H groups in total. The summed E-state index contributed by atoms with van der Waals surface area (Å²) in [5, 5.41) is 8.80. The minimum Gasteiger partial charge on any atom is -0.374 e. The number of hydrogen-bond donors (Lipinski definition) is 0. The van der Waals surface area contributed by atoms with Crippen molar-refractivity contribution in [3.05, 3.63) is 35.9 Å². The molecular formula is C15H15F2NO3. The van der Waals surface area contributed by atoms with Crippen LogP contribution in [-0.4, -0.2) is 31.0 Å². The SMILES string of the molecule is N#CC[C@H]1[C@H]2O[C@@H](O[C@@H]1COCc1ccccc1)C2(F)F. The Kier molecular flexibility index (Phi) is 3.89. The van der Waals surface area contributed by atoms with Crippen molar-refractivity contribution in [1.82, 2.24) is 0 Å². The summed E-state index contributed by atoms with van der Waals surface area (Å²) in [6, 6.07) is 11.5. The van der Waals surface area contributed by atoms with Gasteiger partial charge in [-0.1, -0.05) is 30.3 Å². The molecule has 4 nitrogen and oxygen atoms in total. The van der Waals surface area contributed by atoms with Crippen LogP contribution in [0, 0.1) is 17.2 Å². The fraction of sp³-hybridized carbons (Fsp3) is 0.533. The van der Waals surface area contributed by atoms with Gasteiger partial charge in [-0.3, -0.25) is 0 Å². The molecule has 0 aliphatic carbocycles. The van der Waals surface area contributed by atoms with Gasteiger partial charge in [-0.05, 0) is 5.56 Å². The van der Waals surface area contributed by atoms with Crippen molar-refractivity contribution in [2.45, 2.75) is 37.4 Å². The van der Waals surface area contributed by atoms with Gasteiger partial charge < -0.3 is 14.2 Å². The third-order valence-corrected chi connectivity index (χ3v) is 3.85. The van der Waals surface area contributed by atoms with E-state index in [4.69, 9.17) is 19.5 Å². The molecule has 3 aliphatic rings. The molecule has 0 spiro atoms. The van der Waals surface area contributed by atoms with Crippen LogP contribution >= 0.6 is 0 Å². The highest BCUT2D eigenvalue weighted by Crippen LogP contribution is 2.50. The fourth-order valence-corrected chi connectivity index (χ4v) is 2.71. The minimum absolute atomic E-state index is 0.0354. The maximum Gasteiger partial charge on any atom is 0.323 e. The average molecular weight is 295 g/mol. The van der Waals surface area contributed by atoms with E-state index in [-0.39, 0.29) is 13.0 Å². The van der Waals surface area contributed by atoms with Crippen molar-refractivity contribution < 1.29 is 23.0 Å².